The molecule has 0 atom stereocenters. The molecule has 1 N–H and O–H groups in total. The highest BCUT2D eigenvalue weighted by atomic mass is 16.6. The molecule has 1 heterocycles. The van der Waals surface area contributed by atoms with Crippen LogP contribution in [0.3, 0.4) is 0 Å². The van der Waals surface area contributed by atoms with Gasteiger partial charge in [-0.15, -0.1) is 0 Å². The maximum atomic E-state index is 12.2. The molecule has 7 nitrogen and oxygen atoms in total. The van der Waals surface area contributed by atoms with Gasteiger partial charge in [0.05, 0.1) is 18.1 Å². The van der Waals surface area contributed by atoms with E-state index >= 15 is 0 Å². The van der Waals surface area contributed by atoms with Gasteiger partial charge in [-0.2, -0.15) is 0 Å². The second-order valence-corrected chi connectivity index (χ2v) is 5.38. The predicted octanol–water partition coefficient (Wildman–Crippen LogP) is 2.68. The molecule has 0 saturated carbocycles. The van der Waals surface area contributed by atoms with Crippen molar-refractivity contribution in [2.24, 2.45) is 0 Å². The number of carbonyl (C=O) groups excluding carboxylic acids is 1. The molecule has 0 unspecified atom stereocenters. The first-order valence-corrected chi connectivity index (χ1v) is 7.63. The van der Waals surface area contributed by atoms with E-state index in [-0.39, 0.29) is 11.6 Å². The molecule has 0 radical (unpaired) electrons. The average molecular weight is 327 g/mol. The Bertz CT molecular complexity index is 743. The Balaban J connectivity index is 1.83. The van der Waals surface area contributed by atoms with Crippen molar-refractivity contribution in [1.29, 1.82) is 0 Å². The summed E-state index contributed by atoms with van der Waals surface area (Å²) < 4.78 is 5.28. The zero-order valence-corrected chi connectivity index (χ0v) is 13.0. The number of benzene rings is 2. The first-order valence-electron chi connectivity index (χ1n) is 7.63. The number of ether oxygens (including phenoxy) is 1. The van der Waals surface area contributed by atoms with Gasteiger partial charge in [0.15, 0.2) is 0 Å². The molecule has 2 aromatic carbocycles. The van der Waals surface area contributed by atoms with Crippen molar-refractivity contribution in [3.05, 3.63) is 64.2 Å². The molecule has 7 heteroatoms. The van der Waals surface area contributed by atoms with Crippen molar-refractivity contribution in [3.63, 3.8) is 0 Å². The fraction of sp³-hybridized carbons (Fsp3) is 0.235. The summed E-state index contributed by atoms with van der Waals surface area (Å²) in [5.41, 5.74) is 1.41. The molecule has 1 amide bonds. The average Bonchev–Trinajstić information content (AvgIpc) is 2.63. The first-order chi connectivity index (χ1) is 11.6. The van der Waals surface area contributed by atoms with Crippen LogP contribution in [0.2, 0.25) is 0 Å². The minimum atomic E-state index is -0.428. The van der Waals surface area contributed by atoms with Gasteiger partial charge in [-0.1, -0.05) is 18.2 Å². The highest BCUT2D eigenvalue weighted by Crippen LogP contribution is 2.31. The molecule has 0 spiro atoms. The van der Waals surface area contributed by atoms with Crippen molar-refractivity contribution in [3.8, 4) is 0 Å². The van der Waals surface area contributed by atoms with Crippen molar-refractivity contribution in [2.45, 2.75) is 0 Å². The number of nitro benzene ring substituents is 1. The van der Waals surface area contributed by atoms with Gasteiger partial charge < -0.3 is 15.0 Å². The number of hydrogen-bond acceptors (Lipinski definition) is 5. The number of rotatable bonds is 4. The number of carbonyl (C=O) groups is 1. The van der Waals surface area contributed by atoms with E-state index in [1.807, 2.05) is 11.0 Å². The number of anilines is 2. The van der Waals surface area contributed by atoms with Gasteiger partial charge in [0.25, 0.3) is 11.6 Å². The van der Waals surface area contributed by atoms with Crippen LogP contribution in [0.4, 0.5) is 17.1 Å². The van der Waals surface area contributed by atoms with Gasteiger partial charge in [0.1, 0.15) is 5.69 Å². The van der Waals surface area contributed by atoms with E-state index in [2.05, 4.69) is 5.32 Å². The molecule has 1 aliphatic rings. The van der Waals surface area contributed by atoms with Gasteiger partial charge in [-0.05, 0) is 24.3 Å². The lowest BCUT2D eigenvalue weighted by molar-refractivity contribution is -0.384. The zero-order chi connectivity index (χ0) is 16.9. The Morgan fingerprint density at radius 1 is 1.12 bits per heavy atom. The van der Waals surface area contributed by atoms with Crippen LogP contribution >= 0.6 is 0 Å². The summed E-state index contributed by atoms with van der Waals surface area (Å²) in [5.74, 6) is -0.302. The van der Waals surface area contributed by atoms with Gasteiger partial charge in [0, 0.05) is 30.4 Å². The fourth-order valence-corrected chi connectivity index (χ4v) is 2.61. The second kappa shape index (κ2) is 7.10. The molecule has 3 rings (SSSR count). The van der Waals surface area contributed by atoms with E-state index in [1.165, 1.54) is 6.07 Å². The SMILES string of the molecule is O=C(Nc1ccc(N2CCOCC2)c([N+](=O)[O-])c1)c1ccccc1. The first kappa shape index (κ1) is 15.9. The number of amides is 1. The second-order valence-electron chi connectivity index (χ2n) is 5.38. The summed E-state index contributed by atoms with van der Waals surface area (Å²) in [4.78, 5) is 25.1. The molecule has 0 aromatic heterocycles. The van der Waals surface area contributed by atoms with Crippen molar-refractivity contribution >= 4 is 23.0 Å². The lowest BCUT2D eigenvalue weighted by Gasteiger charge is -2.28. The lowest BCUT2D eigenvalue weighted by Crippen LogP contribution is -2.36. The highest BCUT2D eigenvalue weighted by Gasteiger charge is 2.22. The van der Waals surface area contributed by atoms with Crippen LogP contribution in [0.15, 0.2) is 48.5 Å². The summed E-state index contributed by atoms with van der Waals surface area (Å²) in [7, 11) is 0. The minimum absolute atomic E-state index is 0.0252. The summed E-state index contributed by atoms with van der Waals surface area (Å²) in [6.45, 7) is 2.31. The van der Waals surface area contributed by atoms with E-state index in [4.69, 9.17) is 4.74 Å². The maximum absolute atomic E-state index is 12.2. The molecular weight excluding hydrogens is 310 g/mol. The number of nitrogens with one attached hydrogen (secondary N) is 1. The largest absolute Gasteiger partial charge is 0.378 e. The van der Waals surface area contributed by atoms with Crippen LogP contribution in [0.1, 0.15) is 10.4 Å². The standard InChI is InChI=1S/C17H17N3O4/c21-17(13-4-2-1-3-5-13)18-14-6-7-15(16(12-14)20(22)23)19-8-10-24-11-9-19/h1-7,12H,8-11H2,(H,18,21). The summed E-state index contributed by atoms with van der Waals surface area (Å²) >= 11 is 0. The lowest BCUT2D eigenvalue weighted by atomic mass is 10.2. The normalized spacial score (nSPS) is 14.2. The third-order valence-electron chi connectivity index (χ3n) is 3.82. The van der Waals surface area contributed by atoms with E-state index < -0.39 is 4.92 Å². The Morgan fingerprint density at radius 3 is 2.50 bits per heavy atom. The van der Waals surface area contributed by atoms with E-state index in [1.54, 1.807) is 36.4 Å². The number of hydrogen-bond donors (Lipinski definition) is 1. The molecule has 2 aromatic rings. The molecule has 0 aliphatic carbocycles. The molecule has 124 valence electrons. The molecule has 24 heavy (non-hydrogen) atoms. The van der Waals surface area contributed by atoms with E-state index in [0.29, 0.717) is 43.2 Å². The van der Waals surface area contributed by atoms with Gasteiger partial charge in [-0.25, -0.2) is 0 Å². The van der Waals surface area contributed by atoms with Gasteiger partial charge >= 0.3 is 0 Å². The molecular formula is C17H17N3O4. The number of nitrogens with zero attached hydrogens (tertiary/aromatic N) is 2. The molecule has 1 aliphatic heterocycles. The quantitative estimate of drug-likeness (QED) is 0.689. The summed E-state index contributed by atoms with van der Waals surface area (Å²) in [6, 6.07) is 13.5. The van der Waals surface area contributed by atoms with Crippen molar-refractivity contribution < 1.29 is 14.5 Å². The molecule has 1 saturated heterocycles. The topological polar surface area (TPSA) is 84.7 Å². The Labute approximate surface area is 139 Å². The number of nitro groups is 1. The van der Waals surface area contributed by atoms with Crippen molar-refractivity contribution in [1.82, 2.24) is 0 Å². The van der Waals surface area contributed by atoms with Crippen LogP contribution in [-0.2, 0) is 4.74 Å². The van der Waals surface area contributed by atoms with Gasteiger partial charge in [0.2, 0.25) is 0 Å². The minimum Gasteiger partial charge on any atom is -0.378 e. The fourth-order valence-electron chi connectivity index (χ4n) is 2.61. The zero-order valence-electron chi connectivity index (χ0n) is 13.0. The maximum Gasteiger partial charge on any atom is 0.294 e. The van der Waals surface area contributed by atoms with Gasteiger partial charge in [-0.3, -0.25) is 14.9 Å². The van der Waals surface area contributed by atoms with E-state index in [0.717, 1.165) is 0 Å². The predicted molar refractivity (Wildman–Crippen MR) is 90.5 cm³/mol. The number of morpholine rings is 1. The third kappa shape index (κ3) is 3.52. The summed E-state index contributed by atoms with van der Waals surface area (Å²) in [6.07, 6.45) is 0. The van der Waals surface area contributed by atoms with Crippen LogP contribution in [-0.4, -0.2) is 37.1 Å². The Hall–Kier alpha value is -2.93. The Kier molecular flexibility index (Phi) is 4.72. The van der Waals surface area contributed by atoms with Crippen molar-refractivity contribution in [2.75, 3.05) is 36.5 Å². The van der Waals surface area contributed by atoms with Crippen LogP contribution in [0.5, 0.6) is 0 Å². The van der Waals surface area contributed by atoms with Crippen LogP contribution < -0.4 is 10.2 Å². The van der Waals surface area contributed by atoms with E-state index in [9.17, 15) is 14.9 Å². The highest BCUT2D eigenvalue weighted by molar-refractivity contribution is 6.04. The summed E-state index contributed by atoms with van der Waals surface area (Å²) in [5, 5.41) is 14.1. The molecule has 0 bridgehead atoms. The smallest absolute Gasteiger partial charge is 0.294 e. The Morgan fingerprint density at radius 2 is 1.83 bits per heavy atom. The molecule has 1 fully saturated rings. The monoisotopic (exact) mass is 327 g/mol. The van der Waals surface area contributed by atoms with Crippen LogP contribution in [0, 0.1) is 10.1 Å². The third-order valence-corrected chi connectivity index (χ3v) is 3.82. The van der Waals surface area contributed by atoms with Crippen LogP contribution in [0.25, 0.3) is 0 Å².